The quantitative estimate of drug-likeness (QED) is 0.521. The number of thiophene rings is 1. The molecule has 0 spiro atoms. The van der Waals surface area contributed by atoms with Gasteiger partial charge in [-0.25, -0.2) is 4.79 Å². The maximum absolute atomic E-state index is 12.8. The van der Waals surface area contributed by atoms with Crippen molar-refractivity contribution in [2.45, 2.75) is 38.1 Å². The average Bonchev–Trinajstić information content (AvgIpc) is 3.50. The van der Waals surface area contributed by atoms with Crippen LogP contribution in [0.5, 0.6) is 0 Å². The van der Waals surface area contributed by atoms with Gasteiger partial charge in [0.2, 0.25) is 17.6 Å². The van der Waals surface area contributed by atoms with Crippen LogP contribution in [0, 0.1) is 0 Å². The van der Waals surface area contributed by atoms with Gasteiger partial charge in [0.25, 0.3) is 5.91 Å². The lowest BCUT2D eigenvalue weighted by molar-refractivity contribution is -0.138. The Morgan fingerprint density at radius 3 is 2.74 bits per heavy atom. The lowest BCUT2D eigenvalue weighted by atomic mass is 9.93. The average molecular weight is 439 g/mol. The Morgan fingerprint density at radius 1 is 1.19 bits per heavy atom. The van der Waals surface area contributed by atoms with Crippen molar-refractivity contribution in [3.05, 3.63) is 59.3 Å². The van der Waals surface area contributed by atoms with Crippen molar-refractivity contribution >= 4 is 29.2 Å². The molecule has 2 aromatic heterocycles. The third kappa shape index (κ3) is 4.64. The molecular formula is C21H21N5O4S. The van der Waals surface area contributed by atoms with Crippen LogP contribution in [-0.2, 0) is 22.4 Å². The zero-order valence-electron chi connectivity index (χ0n) is 16.8. The number of nitrogens with one attached hydrogen (secondary N) is 2. The van der Waals surface area contributed by atoms with Crippen molar-refractivity contribution in [2.24, 2.45) is 0 Å². The standard InChI is InChI=1S/C21H21N5O4S/c1-21(12-11-14-6-3-2-4-7-14)19(28)26(20(29)23-21)24-16(27)9-10-17-22-18(25-30-17)15-8-5-13-31-15/h2-8,13H,9-12H2,1H3,(H,23,29)(H,24,27). The summed E-state index contributed by atoms with van der Waals surface area (Å²) in [6, 6.07) is 12.8. The summed E-state index contributed by atoms with van der Waals surface area (Å²) in [5.41, 5.74) is 2.36. The van der Waals surface area contributed by atoms with Crippen LogP contribution in [0.3, 0.4) is 0 Å². The first kappa shape index (κ1) is 20.7. The Morgan fingerprint density at radius 2 is 2.00 bits per heavy atom. The predicted octanol–water partition coefficient (Wildman–Crippen LogP) is 2.71. The van der Waals surface area contributed by atoms with Gasteiger partial charge in [0.15, 0.2) is 0 Å². The van der Waals surface area contributed by atoms with Crippen molar-refractivity contribution in [1.29, 1.82) is 0 Å². The number of hydrazine groups is 1. The number of rotatable bonds is 8. The van der Waals surface area contributed by atoms with E-state index in [-0.39, 0.29) is 12.8 Å². The highest BCUT2D eigenvalue weighted by Crippen LogP contribution is 2.23. The molecule has 0 saturated carbocycles. The smallest absolute Gasteiger partial charge is 0.339 e. The molecule has 1 saturated heterocycles. The molecule has 0 bridgehead atoms. The second-order valence-corrected chi connectivity index (χ2v) is 8.36. The number of amides is 4. The van der Waals surface area contributed by atoms with E-state index >= 15 is 0 Å². The Kier molecular flexibility index (Phi) is 5.81. The third-order valence-electron chi connectivity index (χ3n) is 5.03. The summed E-state index contributed by atoms with van der Waals surface area (Å²) < 4.78 is 5.16. The largest absolute Gasteiger partial charge is 0.344 e. The minimum atomic E-state index is -1.08. The van der Waals surface area contributed by atoms with E-state index in [1.807, 2.05) is 47.8 Å². The van der Waals surface area contributed by atoms with E-state index in [1.54, 1.807) is 6.92 Å². The topological polar surface area (TPSA) is 117 Å². The summed E-state index contributed by atoms with van der Waals surface area (Å²) in [6.07, 6.45) is 1.22. The van der Waals surface area contributed by atoms with Gasteiger partial charge in [-0.3, -0.25) is 15.0 Å². The molecule has 1 fully saturated rings. The Labute approximate surface area is 182 Å². The summed E-state index contributed by atoms with van der Waals surface area (Å²) >= 11 is 1.48. The van der Waals surface area contributed by atoms with Gasteiger partial charge < -0.3 is 9.84 Å². The summed E-state index contributed by atoms with van der Waals surface area (Å²) in [5.74, 6) is -0.205. The molecule has 2 N–H and O–H groups in total. The number of hydrogen-bond acceptors (Lipinski definition) is 7. The SMILES string of the molecule is CC1(CCc2ccccc2)NC(=O)N(NC(=O)CCc2nc(-c3cccs3)no2)C1=O. The zero-order chi connectivity index (χ0) is 21.8. The van der Waals surface area contributed by atoms with Crippen LogP contribution in [0.15, 0.2) is 52.4 Å². The molecule has 1 aromatic carbocycles. The minimum absolute atomic E-state index is 0.0101. The van der Waals surface area contributed by atoms with E-state index in [1.165, 1.54) is 11.3 Å². The minimum Gasteiger partial charge on any atom is -0.339 e. The molecule has 1 aliphatic heterocycles. The number of aromatic nitrogens is 2. The highest BCUT2D eigenvalue weighted by atomic mass is 32.1. The maximum Gasteiger partial charge on any atom is 0.344 e. The molecule has 9 nitrogen and oxygen atoms in total. The van der Waals surface area contributed by atoms with E-state index < -0.39 is 23.4 Å². The fourth-order valence-electron chi connectivity index (χ4n) is 3.26. The van der Waals surface area contributed by atoms with Gasteiger partial charge in [-0.2, -0.15) is 9.99 Å². The highest BCUT2D eigenvalue weighted by Gasteiger charge is 2.48. The molecule has 0 aliphatic carbocycles. The van der Waals surface area contributed by atoms with E-state index in [0.717, 1.165) is 15.4 Å². The fraction of sp³-hybridized carbons (Fsp3) is 0.286. The zero-order valence-corrected chi connectivity index (χ0v) is 17.6. The molecule has 1 atom stereocenters. The maximum atomic E-state index is 12.8. The van der Waals surface area contributed by atoms with Gasteiger partial charge in [0.1, 0.15) is 5.54 Å². The van der Waals surface area contributed by atoms with Crippen LogP contribution >= 0.6 is 11.3 Å². The van der Waals surface area contributed by atoms with Crippen molar-refractivity contribution in [1.82, 2.24) is 25.9 Å². The van der Waals surface area contributed by atoms with Crippen molar-refractivity contribution in [2.75, 3.05) is 0 Å². The molecule has 4 amide bonds. The molecule has 1 unspecified atom stereocenters. The van der Waals surface area contributed by atoms with Crippen LogP contribution in [0.1, 0.15) is 31.2 Å². The van der Waals surface area contributed by atoms with Crippen molar-refractivity contribution in [3.8, 4) is 10.7 Å². The fourth-order valence-corrected chi connectivity index (χ4v) is 3.91. The summed E-state index contributed by atoms with van der Waals surface area (Å²) in [7, 11) is 0. The molecule has 3 aromatic rings. The van der Waals surface area contributed by atoms with Crippen molar-refractivity contribution in [3.63, 3.8) is 0 Å². The van der Waals surface area contributed by atoms with Gasteiger partial charge in [-0.15, -0.1) is 11.3 Å². The van der Waals surface area contributed by atoms with Crippen LogP contribution in [0.4, 0.5) is 4.79 Å². The lowest BCUT2D eigenvalue weighted by Crippen LogP contribution is -2.49. The van der Waals surface area contributed by atoms with Gasteiger partial charge in [-0.1, -0.05) is 41.6 Å². The first-order valence-electron chi connectivity index (χ1n) is 9.81. The third-order valence-corrected chi connectivity index (χ3v) is 5.90. The summed E-state index contributed by atoms with van der Waals surface area (Å²) in [4.78, 5) is 42.5. The molecule has 10 heteroatoms. The van der Waals surface area contributed by atoms with Gasteiger partial charge in [-0.05, 0) is 36.8 Å². The Hall–Kier alpha value is -3.53. The first-order chi connectivity index (χ1) is 14.9. The predicted molar refractivity (Wildman–Crippen MR) is 113 cm³/mol. The second-order valence-electron chi connectivity index (χ2n) is 7.41. The van der Waals surface area contributed by atoms with Gasteiger partial charge in [0.05, 0.1) is 4.88 Å². The molecule has 0 radical (unpaired) electrons. The monoisotopic (exact) mass is 439 g/mol. The number of imide groups is 1. The lowest BCUT2D eigenvalue weighted by Gasteiger charge is -2.21. The van der Waals surface area contributed by atoms with E-state index in [9.17, 15) is 14.4 Å². The molecule has 1 aliphatic rings. The summed E-state index contributed by atoms with van der Waals surface area (Å²) in [6.45, 7) is 1.66. The second kappa shape index (κ2) is 8.68. The van der Waals surface area contributed by atoms with Crippen LogP contribution in [0.2, 0.25) is 0 Å². The molecular weight excluding hydrogens is 418 g/mol. The number of carbonyl (C=O) groups is 3. The molecule has 31 heavy (non-hydrogen) atoms. The van der Waals surface area contributed by atoms with E-state index in [2.05, 4.69) is 20.9 Å². The van der Waals surface area contributed by atoms with Crippen LogP contribution < -0.4 is 10.7 Å². The molecule has 4 rings (SSSR count). The van der Waals surface area contributed by atoms with Crippen molar-refractivity contribution < 1.29 is 18.9 Å². The van der Waals surface area contributed by atoms with Crippen LogP contribution in [0.25, 0.3) is 10.7 Å². The highest BCUT2D eigenvalue weighted by molar-refractivity contribution is 7.13. The Balaban J connectivity index is 1.30. The summed E-state index contributed by atoms with van der Waals surface area (Å²) in [5, 5.41) is 9.23. The first-order valence-corrected chi connectivity index (χ1v) is 10.7. The van der Waals surface area contributed by atoms with E-state index in [0.29, 0.717) is 24.6 Å². The van der Waals surface area contributed by atoms with Crippen LogP contribution in [-0.4, -0.2) is 38.5 Å². The van der Waals surface area contributed by atoms with Gasteiger partial charge in [0, 0.05) is 12.8 Å². The normalized spacial score (nSPS) is 18.3. The number of carbonyl (C=O) groups excluding carboxylic acids is 3. The number of urea groups is 1. The number of aryl methyl sites for hydroxylation is 2. The number of hydrogen-bond donors (Lipinski definition) is 2. The van der Waals surface area contributed by atoms with E-state index in [4.69, 9.17) is 4.52 Å². The van der Waals surface area contributed by atoms with Gasteiger partial charge >= 0.3 is 6.03 Å². The number of nitrogens with zero attached hydrogens (tertiary/aromatic N) is 3. The molecule has 160 valence electrons. The molecule has 3 heterocycles. The number of benzene rings is 1. The Bertz CT molecular complexity index is 1080.